The first kappa shape index (κ1) is 26.6. The molecule has 2 aromatic carbocycles. The standard InChI is InChI=1S/C29H31ClN4O2S/c1-29(2,3)25-19-26(34(32-25)24-14-8-7-13-23(24)30)31-27(35)20-33(16-15-21-10-5-4-6-11-21)28(36)18-22-12-9-17-37-22/h4-14,17,19H,15-16,18,20H2,1-3H3,(H,31,35). The van der Waals surface area contributed by atoms with E-state index in [2.05, 4.69) is 26.1 Å². The van der Waals surface area contributed by atoms with Crippen LogP contribution in [0.15, 0.2) is 78.2 Å². The lowest BCUT2D eigenvalue weighted by atomic mass is 9.92. The maximum atomic E-state index is 13.3. The Morgan fingerprint density at radius 1 is 1.03 bits per heavy atom. The van der Waals surface area contributed by atoms with Gasteiger partial charge in [-0.05, 0) is 35.6 Å². The van der Waals surface area contributed by atoms with Gasteiger partial charge in [-0.3, -0.25) is 9.59 Å². The van der Waals surface area contributed by atoms with E-state index in [-0.39, 0.29) is 30.2 Å². The predicted molar refractivity (Wildman–Crippen MR) is 151 cm³/mol. The van der Waals surface area contributed by atoms with Crippen LogP contribution in [0.4, 0.5) is 5.82 Å². The molecule has 4 aromatic rings. The number of anilines is 1. The highest BCUT2D eigenvalue weighted by Gasteiger charge is 2.24. The van der Waals surface area contributed by atoms with Gasteiger partial charge in [0.05, 0.1) is 29.4 Å². The van der Waals surface area contributed by atoms with E-state index in [1.165, 1.54) is 11.3 Å². The molecule has 0 aliphatic rings. The molecular formula is C29H31ClN4O2S. The molecule has 0 fully saturated rings. The third-order valence-electron chi connectivity index (χ3n) is 5.93. The maximum absolute atomic E-state index is 13.3. The van der Waals surface area contributed by atoms with E-state index in [9.17, 15) is 9.59 Å². The minimum absolute atomic E-state index is 0.0599. The van der Waals surface area contributed by atoms with E-state index >= 15 is 0 Å². The Balaban J connectivity index is 1.55. The molecule has 8 heteroatoms. The molecule has 192 valence electrons. The summed E-state index contributed by atoms with van der Waals surface area (Å²) in [6, 6.07) is 23.1. The average molecular weight is 535 g/mol. The quantitative estimate of drug-likeness (QED) is 0.280. The summed E-state index contributed by atoms with van der Waals surface area (Å²) in [6.45, 7) is 6.57. The van der Waals surface area contributed by atoms with E-state index in [1.54, 1.807) is 15.6 Å². The third-order valence-corrected chi connectivity index (χ3v) is 7.13. The average Bonchev–Trinajstić information content (AvgIpc) is 3.53. The Morgan fingerprint density at radius 2 is 1.76 bits per heavy atom. The number of rotatable bonds is 9. The number of hydrogen-bond acceptors (Lipinski definition) is 4. The largest absolute Gasteiger partial charge is 0.333 e. The normalized spacial score (nSPS) is 11.4. The molecule has 0 saturated carbocycles. The molecule has 4 rings (SSSR count). The minimum atomic E-state index is -0.291. The van der Waals surface area contributed by atoms with Crippen molar-refractivity contribution in [3.05, 3.63) is 99.3 Å². The summed E-state index contributed by atoms with van der Waals surface area (Å²) in [7, 11) is 0. The second kappa shape index (κ2) is 11.8. The molecule has 37 heavy (non-hydrogen) atoms. The number of amides is 2. The van der Waals surface area contributed by atoms with Gasteiger partial charge >= 0.3 is 0 Å². The van der Waals surface area contributed by atoms with Crippen LogP contribution in [0.2, 0.25) is 5.02 Å². The van der Waals surface area contributed by atoms with Gasteiger partial charge in [-0.15, -0.1) is 11.3 Å². The molecule has 1 N–H and O–H groups in total. The second-order valence-corrected chi connectivity index (χ2v) is 11.3. The van der Waals surface area contributed by atoms with Crippen molar-refractivity contribution in [2.45, 2.75) is 39.0 Å². The fraction of sp³-hybridized carbons (Fsp3) is 0.276. The van der Waals surface area contributed by atoms with E-state index in [0.717, 1.165) is 16.1 Å². The van der Waals surface area contributed by atoms with Gasteiger partial charge < -0.3 is 10.2 Å². The molecular weight excluding hydrogens is 504 g/mol. The predicted octanol–water partition coefficient (Wildman–Crippen LogP) is 6.14. The Bertz CT molecular complexity index is 1340. The van der Waals surface area contributed by atoms with Crippen molar-refractivity contribution in [2.75, 3.05) is 18.4 Å². The Morgan fingerprint density at radius 3 is 2.43 bits per heavy atom. The first-order valence-corrected chi connectivity index (χ1v) is 13.5. The molecule has 0 saturated heterocycles. The fourth-order valence-electron chi connectivity index (χ4n) is 3.87. The highest BCUT2D eigenvalue weighted by atomic mass is 35.5. The molecule has 2 amide bonds. The smallest absolute Gasteiger partial charge is 0.245 e. The number of thiophene rings is 1. The number of benzene rings is 2. The number of para-hydroxylation sites is 1. The van der Waals surface area contributed by atoms with Gasteiger partial charge in [0, 0.05) is 22.9 Å². The lowest BCUT2D eigenvalue weighted by Gasteiger charge is -2.22. The lowest BCUT2D eigenvalue weighted by Crippen LogP contribution is -2.40. The topological polar surface area (TPSA) is 67.2 Å². The molecule has 0 spiro atoms. The molecule has 2 aromatic heterocycles. The number of carbonyl (C=O) groups excluding carboxylic acids is 2. The van der Waals surface area contributed by atoms with Crippen LogP contribution >= 0.6 is 22.9 Å². The summed E-state index contributed by atoms with van der Waals surface area (Å²) >= 11 is 8.00. The SMILES string of the molecule is CC(C)(C)c1cc(NC(=O)CN(CCc2ccccc2)C(=O)Cc2cccs2)n(-c2ccccc2Cl)n1. The van der Waals surface area contributed by atoms with Crippen molar-refractivity contribution >= 4 is 40.6 Å². The van der Waals surface area contributed by atoms with Gasteiger partial charge in [-0.25, -0.2) is 4.68 Å². The number of aromatic nitrogens is 2. The van der Waals surface area contributed by atoms with Gasteiger partial charge in [0.15, 0.2) is 0 Å². The third kappa shape index (κ3) is 7.08. The van der Waals surface area contributed by atoms with Gasteiger partial charge in [0.2, 0.25) is 11.8 Å². The van der Waals surface area contributed by atoms with Crippen molar-refractivity contribution in [3.8, 4) is 5.69 Å². The van der Waals surface area contributed by atoms with E-state index in [0.29, 0.717) is 29.5 Å². The zero-order chi connectivity index (χ0) is 26.4. The van der Waals surface area contributed by atoms with Gasteiger partial charge in [0.25, 0.3) is 0 Å². The Labute approximate surface area is 226 Å². The first-order chi connectivity index (χ1) is 17.7. The number of halogens is 1. The van der Waals surface area contributed by atoms with Crippen LogP contribution in [0.25, 0.3) is 5.69 Å². The van der Waals surface area contributed by atoms with Crippen molar-refractivity contribution in [3.63, 3.8) is 0 Å². The Hall–Kier alpha value is -3.42. The number of nitrogens with one attached hydrogen (secondary N) is 1. The summed E-state index contributed by atoms with van der Waals surface area (Å²) in [5.41, 5.74) is 2.37. The molecule has 2 heterocycles. The van der Waals surface area contributed by atoms with Gasteiger partial charge in [0.1, 0.15) is 5.82 Å². The second-order valence-electron chi connectivity index (χ2n) is 9.88. The molecule has 0 aliphatic carbocycles. The zero-order valence-corrected chi connectivity index (χ0v) is 22.9. The van der Waals surface area contributed by atoms with Crippen LogP contribution in [-0.2, 0) is 27.8 Å². The fourth-order valence-corrected chi connectivity index (χ4v) is 4.79. The van der Waals surface area contributed by atoms with Gasteiger partial charge in [-0.1, -0.05) is 80.9 Å². The minimum Gasteiger partial charge on any atom is -0.333 e. The Kier molecular flexibility index (Phi) is 8.46. The van der Waals surface area contributed by atoms with Crippen LogP contribution in [0.5, 0.6) is 0 Å². The number of hydrogen-bond donors (Lipinski definition) is 1. The van der Waals surface area contributed by atoms with Crippen molar-refractivity contribution < 1.29 is 9.59 Å². The maximum Gasteiger partial charge on any atom is 0.245 e. The molecule has 0 unspecified atom stereocenters. The summed E-state index contributed by atoms with van der Waals surface area (Å²) in [6.07, 6.45) is 0.932. The van der Waals surface area contributed by atoms with Crippen molar-refractivity contribution in [1.82, 2.24) is 14.7 Å². The van der Waals surface area contributed by atoms with Crippen LogP contribution in [0.3, 0.4) is 0 Å². The highest BCUT2D eigenvalue weighted by Crippen LogP contribution is 2.29. The molecule has 0 atom stereocenters. The molecule has 6 nitrogen and oxygen atoms in total. The zero-order valence-electron chi connectivity index (χ0n) is 21.3. The lowest BCUT2D eigenvalue weighted by molar-refractivity contribution is -0.134. The van der Waals surface area contributed by atoms with Gasteiger partial charge in [-0.2, -0.15) is 5.10 Å². The summed E-state index contributed by atoms with van der Waals surface area (Å²) in [5, 5.41) is 10.2. The summed E-state index contributed by atoms with van der Waals surface area (Å²) in [4.78, 5) is 29.1. The van der Waals surface area contributed by atoms with E-state index < -0.39 is 0 Å². The van der Waals surface area contributed by atoms with E-state index in [4.69, 9.17) is 16.7 Å². The van der Waals surface area contributed by atoms with Crippen LogP contribution in [0.1, 0.15) is 36.9 Å². The monoisotopic (exact) mass is 534 g/mol. The van der Waals surface area contributed by atoms with Crippen LogP contribution in [-0.4, -0.2) is 39.6 Å². The van der Waals surface area contributed by atoms with Crippen molar-refractivity contribution in [1.29, 1.82) is 0 Å². The summed E-state index contributed by atoms with van der Waals surface area (Å²) in [5.74, 6) is 0.140. The molecule has 0 radical (unpaired) electrons. The highest BCUT2D eigenvalue weighted by molar-refractivity contribution is 7.10. The van der Waals surface area contributed by atoms with E-state index in [1.807, 2.05) is 72.1 Å². The molecule has 0 bridgehead atoms. The number of nitrogens with zero attached hydrogens (tertiary/aromatic N) is 3. The number of carbonyl (C=O) groups is 2. The molecule has 0 aliphatic heterocycles. The van der Waals surface area contributed by atoms with Crippen molar-refractivity contribution in [2.24, 2.45) is 0 Å². The first-order valence-electron chi connectivity index (χ1n) is 12.2. The van der Waals surface area contributed by atoms with Crippen LogP contribution < -0.4 is 5.32 Å². The van der Waals surface area contributed by atoms with Crippen LogP contribution in [0, 0.1) is 0 Å². The summed E-state index contributed by atoms with van der Waals surface area (Å²) < 4.78 is 1.66.